The zero-order valence-corrected chi connectivity index (χ0v) is 13.5. The maximum atomic E-state index is 12.3. The normalized spacial score (nSPS) is 11.4. The van der Waals surface area contributed by atoms with Crippen molar-refractivity contribution in [3.63, 3.8) is 0 Å². The summed E-state index contributed by atoms with van der Waals surface area (Å²) in [4.78, 5) is 12.7. The van der Waals surface area contributed by atoms with Gasteiger partial charge in [-0.25, -0.2) is 0 Å². The first-order valence-corrected chi connectivity index (χ1v) is 7.49. The first-order chi connectivity index (χ1) is 9.36. The highest BCUT2D eigenvalue weighted by atomic mass is 32.1. The fourth-order valence-electron chi connectivity index (χ4n) is 2.15. The third-order valence-corrected chi connectivity index (χ3v) is 4.26. The van der Waals surface area contributed by atoms with E-state index in [2.05, 4.69) is 19.2 Å². The van der Waals surface area contributed by atoms with Crippen molar-refractivity contribution in [2.24, 2.45) is 5.73 Å². The molecule has 0 atom stereocenters. The molecule has 0 unspecified atom stereocenters. The molecule has 0 aliphatic carbocycles. The summed E-state index contributed by atoms with van der Waals surface area (Å²) in [6, 6.07) is 7.67. The Morgan fingerprint density at radius 1 is 1.25 bits per heavy atom. The first-order valence-electron chi connectivity index (χ1n) is 7.08. The van der Waals surface area contributed by atoms with Crippen LogP contribution in [0.15, 0.2) is 24.3 Å². The van der Waals surface area contributed by atoms with Gasteiger partial charge in [-0.1, -0.05) is 52.0 Å². The summed E-state index contributed by atoms with van der Waals surface area (Å²) in [5.74, 6) is 0.325. The van der Waals surface area contributed by atoms with E-state index in [1.807, 2.05) is 38.1 Å². The van der Waals surface area contributed by atoms with Gasteiger partial charge in [-0.2, -0.15) is 0 Å². The molecule has 110 valence electrons. The maximum absolute atomic E-state index is 12.3. The second-order valence-corrected chi connectivity index (χ2v) is 5.82. The highest BCUT2D eigenvalue weighted by Gasteiger charge is 2.31. The van der Waals surface area contributed by atoms with Gasteiger partial charge in [-0.3, -0.25) is 4.79 Å². The summed E-state index contributed by atoms with van der Waals surface area (Å²) in [6.45, 7) is 8.21. The van der Waals surface area contributed by atoms with Crippen molar-refractivity contribution in [1.29, 1.82) is 0 Å². The van der Waals surface area contributed by atoms with Gasteiger partial charge in [0.25, 0.3) is 5.91 Å². The smallest absolute Gasteiger partial charge is 0.252 e. The van der Waals surface area contributed by atoms with Crippen LogP contribution in [0.4, 0.5) is 0 Å². The lowest BCUT2D eigenvalue weighted by Gasteiger charge is -2.31. The molecule has 0 aromatic heterocycles. The molecule has 0 heterocycles. The predicted molar refractivity (Wildman–Crippen MR) is 88.1 cm³/mol. The van der Waals surface area contributed by atoms with Crippen LogP contribution in [-0.4, -0.2) is 16.4 Å². The van der Waals surface area contributed by atoms with Crippen molar-refractivity contribution >= 4 is 23.1 Å². The number of benzene rings is 1. The highest BCUT2D eigenvalue weighted by molar-refractivity contribution is 7.80. The molecule has 0 radical (unpaired) electrons. The van der Waals surface area contributed by atoms with Crippen LogP contribution in [0.3, 0.4) is 0 Å². The second kappa shape index (κ2) is 6.84. The molecule has 0 bridgehead atoms. The molecule has 1 amide bonds. The number of rotatable bonds is 6. The fourth-order valence-corrected chi connectivity index (χ4v) is 2.49. The van der Waals surface area contributed by atoms with Crippen molar-refractivity contribution in [2.45, 2.75) is 52.0 Å². The molecule has 20 heavy (non-hydrogen) atoms. The van der Waals surface area contributed by atoms with Gasteiger partial charge in [0.2, 0.25) is 0 Å². The lowest BCUT2D eigenvalue weighted by atomic mass is 9.92. The zero-order chi connectivity index (χ0) is 15.3. The minimum Gasteiger partial charge on any atom is -0.391 e. The van der Waals surface area contributed by atoms with E-state index in [9.17, 15) is 4.79 Å². The van der Waals surface area contributed by atoms with Gasteiger partial charge in [-0.05, 0) is 36.5 Å². The SMILES string of the molecule is CCC(CC)(NC(=O)c1ccc(C(C)C)cc1)C(N)=S. The average molecular weight is 292 g/mol. The molecule has 0 saturated heterocycles. The average Bonchev–Trinajstić information content (AvgIpc) is 2.44. The fraction of sp³-hybridized carbons (Fsp3) is 0.500. The van der Waals surface area contributed by atoms with Crippen LogP contribution in [0.2, 0.25) is 0 Å². The Kier molecular flexibility index (Phi) is 5.69. The van der Waals surface area contributed by atoms with Crippen molar-refractivity contribution in [1.82, 2.24) is 5.32 Å². The van der Waals surface area contributed by atoms with Crippen LogP contribution in [0.5, 0.6) is 0 Å². The largest absolute Gasteiger partial charge is 0.391 e. The summed E-state index contributed by atoms with van der Waals surface area (Å²) in [5.41, 5.74) is 7.06. The Morgan fingerprint density at radius 3 is 2.10 bits per heavy atom. The van der Waals surface area contributed by atoms with Crippen molar-refractivity contribution in [3.8, 4) is 0 Å². The number of amides is 1. The van der Waals surface area contributed by atoms with E-state index in [0.717, 1.165) is 0 Å². The second-order valence-electron chi connectivity index (χ2n) is 5.38. The zero-order valence-electron chi connectivity index (χ0n) is 12.7. The van der Waals surface area contributed by atoms with Crippen LogP contribution in [0.1, 0.15) is 62.4 Å². The van der Waals surface area contributed by atoms with E-state index < -0.39 is 5.54 Å². The maximum Gasteiger partial charge on any atom is 0.252 e. The van der Waals surface area contributed by atoms with Crippen LogP contribution in [0, 0.1) is 0 Å². The molecule has 1 aromatic rings. The number of hydrogen-bond donors (Lipinski definition) is 2. The molecule has 0 aliphatic rings. The van der Waals surface area contributed by atoms with Crippen LogP contribution in [-0.2, 0) is 0 Å². The number of carbonyl (C=O) groups excluding carboxylic acids is 1. The van der Waals surface area contributed by atoms with Crippen molar-refractivity contribution in [2.75, 3.05) is 0 Å². The Bertz CT molecular complexity index is 476. The minimum atomic E-state index is -0.594. The van der Waals surface area contributed by atoms with E-state index >= 15 is 0 Å². The molecule has 0 spiro atoms. The summed E-state index contributed by atoms with van der Waals surface area (Å²) in [5, 5.41) is 2.99. The number of thiocarbonyl (C=S) groups is 1. The third kappa shape index (κ3) is 3.57. The van der Waals surface area contributed by atoms with Gasteiger partial charge in [0.05, 0.1) is 10.5 Å². The van der Waals surface area contributed by atoms with Crippen molar-refractivity contribution < 1.29 is 4.79 Å². The summed E-state index contributed by atoms with van der Waals surface area (Å²) < 4.78 is 0. The van der Waals surface area contributed by atoms with Gasteiger partial charge in [0, 0.05) is 5.56 Å². The topological polar surface area (TPSA) is 55.1 Å². The quantitative estimate of drug-likeness (QED) is 0.790. The molecule has 0 fully saturated rings. The van der Waals surface area contributed by atoms with E-state index in [1.54, 1.807) is 0 Å². The van der Waals surface area contributed by atoms with E-state index in [1.165, 1.54) is 5.56 Å². The van der Waals surface area contributed by atoms with Gasteiger partial charge in [0.15, 0.2) is 0 Å². The Hall–Kier alpha value is -1.42. The van der Waals surface area contributed by atoms with Crippen LogP contribution >= 0.6 is 12.2 Å². The molecule has 0 saturated carbocycles. The predicted octanol–water partition coefficient (Wildman–Crippen LogP) is 3.38. The highest BCUT2D eigenvalue weighted by Crippen LogP contribution is 2.18. The monoisotopic (exact) mass is 292 g/mol. The number of carbonyl (C=O) groups is 1. The van der Waals surface area contributed by atoms with Crippen molar-refractivity contribution in [3.05, 3.63) is 35.4 Å². The number of nitrogens with one attached hydrogen (secondary N) is 1. The standard InChI is InChI=1S/C16H24N2OS/c1-5-16(6-2,15(17)20)18-14(19)13-9-7-12(8-10-13)11(3)4/h7-11H,5-6H2,1-4H3,(H2,17,20)(H,18,19). The molecule has 1 aromatic carbocycles. The van der Waals surface area contributed by atoms with Gasteiger partial charge < -0.3 is 11.1 Å². The Morgan fingerprint density at radius 2 is 1.75 bits per heavy atom. The molecule has 3 N–H and O–H groups in total. The van der Waals surface area contributed by atoms with E-state index in [-0.39, 0.29) is 5.91 Å². The van der Waals surface area contributed by atoms with Gasteiger partial charge in [-0.15, -0.1) is 0 Å². The Labute approximate surface area is 126 Å². The third-order valence-electron chi connectivity index (χ3n) is 3.87. The van der Waals surface area contributed by atoms with Crippen LogP contribution in [0.25, 0.3) is 0 Å². The molecule has 1 rings (SSSR count). The molecular weight excluding hydrogens is 268 g/mol. The summed E-state index contributed by atoms with van der Waals surface area (Å²) in [6.07, 6.45) is 1.38. The van der Waals surface area contributed by atoms with Crippen LogP contribution < -0.4 is 11.1 Å². The van der Waals surface area contributed by atoms with E-state index in [0.29, 0.717) is 29.3 Å². The Balaban J connectivity index is 2.92. The van der Waals surface area contributed by atoms with E-state index in [4.69, 9.17) is 18.0 Å². The van der Waals surface area contributed by atoms with Gasteiger partial charge >= 0.3 is 0 Å². The molecule has 4 heteroatoms. The number of nitrogens with two attached hydrogens (primary N) is 1. The number of hydrogen-bond acceptors (Lipinski definition) is 2. The first kappa shape index (κ1) is 16.6. The lowest BCUT2D eigenvalue weighted by molar-refractivity contribution is 0.0920. The molecule has 3 nitrogen and oxygen atoms in total. The molecule has 0 aliphatic heterocycles. The minimum absolute atomic E-state index is 0.128. The molecular formula is C16H24N2OS. The lowest BCUT2D eigenvalue weighted by Crippen LogP contribution is -2.55. The summed E-state index contributed by atoms with van der Waals surface area (Å²) in [7, 11) is 0. The van der Waals surface area contributed by atoms with Gasteiger partial charge in [0.1, 0.15) is 0 Å². The summed E-state index contributed by atoms with van der Waals surface area (Å²) >= 11 is 5.11.